The molecule has 3 rings (SSSR count). The highest BCUT2D eigenvalue weighted by atomic mass is 79.9. The van der Waals surface area contributed by atoms with E-state index in [0.717, 1.165) is 8.95 Å². The molecule has 3 aromatic rings. The highest BCUT2D eigenvalue weighted by Gasteiger charge is 2.21. The van der Waals surface area contributed by atoms with Gasteiger partial charge in [0.05, 0.1) is 13.8 Å². The van der Waals surface area contributed by atoms with Crippen molar-refractivity contribution in [1.29, 1.82) is 0 Å². The van der Waals surface area contributed by atoms with Gasteiger partial charge in [-0.05, 0) is 34.1 Å². The molecule has 0 spiro atoms. The number of hydrogen-bond acceptors (Lipinski definition) is 1. The van der Waals surface area contributed by atoms with Gasteiger partial charge in [0.15, 0.2) is 0 Å². The molecule has 0 saturated heterocycles. The van der Waals surface area contributed by atoms with Crippen molar-refractivity contribution in [1.82, 2.24) is 0 Å². The Balaban J connectivity index is 2.08. The van der Waals surface area contributed by atoms with E-state index in [2.05, 4.69) is 122 Å². The Bertz CT molecular complexity index is 738. The number of halogens is 2. The molecule has 0 aliphatic heterocycles. The highest BCUT2D eigenvalue weighted by molar-refractivity contribution is 9.11. The molecule has 3 aromatic carbocycles. The molecule has 116 valence electrons. The summed E-state index contributed by atoms with van der Waals surface area (Å²) in [4.78, 5) is 0. The van der Waals surface area contributed by atoms with E-state index in [9.17, 15) is 0 Å². The summed E-state index contributed by atoms with van der Waals surface area (Å²) in [7, 11) is 1.54. The van der Waals surface area contributed by atoms with Crippen LogP contribution in [0.1, 0.15) is 0 Å². The van der Waals surface area contributed by atoms with E-state index >= 15 is 0 Å². The topological polar surface area (TPSA) is 3.24 Å². The number of rotatable bonds is 4. The average Bonchev–Trinajstić information content (AvgIpc) is 2.57. The van der Waals surface area contributed by atoms with Crippen LogP contribution in [-0.2, 0) is 0 Å². The minimum absolute atomic E-state index is 0.626. The third-order valence-electron chi connectivity index (χ3n) is 3.56. The van der Waals surface area contributed by atoms with Gasteiger partial charge in [0.1, 0.15) is 0 Å². The molecule has 0 aliphatic rings. The fourth-order valence-corrected chi connectivity index (χ4v) is 6.23. The fourth-order valence-electron chi connectivity index (χ4n) is 2.49. The maximum Gasteiger partial charge on any atom is 0.0547 e. The quantitative estimate of drug-likeness (QED) is 0.463. The normalized spacial score (nSPS) is 10.8. The Morgan fingerprint density at radius 3 is 1.74 bits per heavy atom. The number of hydrogen-bond donors (Lipinski definition) is 0. The fraction of sp³-hybridized carbons (Fsp3) is 0.0526. The molecule has 0 amide bonds. The van der Waals surface area contributed by atoms with Gasteiger partial charge < -0.3 is 4.67 Å². The molecule has 0 heterocycles. The molecule has 0 atom stereocenters. The van der Waals surface area contributed by atoms with Gasteiger partial charge in [-0.1, -0.05) is 76.6 Å². The van der Waals surface area contributed by atoms with Crippen LogP contribution in [0.4, 0.5) is 5.69 Å². The standard InChI is InChI=1S/C19H16Br2NP/c1-22(19-13-12-15(20)14-18(19)21)23(16-8-4-2-5-9-16)17-10-6-3-7-11-17/h2-14H,1H3. The van der Waals surface area contributed by atoms with Crippen molar-refractivity contribution in [3.8, 4) is 0 Å². The van der Waals surface area contributed by atoms with Gasteiger partial charge in [0.2, 0.25) is 0 Å². The van der Waals surface area contributed by atoms with Gasteiger partial charge in [0, 0.05) is 26.6 Å². The molecule has 0 saturated carbocycles. The minimum atomic E-state index is -0.626. The van der Waals surface area contributed by atoms with E-state index < -0.39 is 8.07 Å². The van der Waals surface area contributed by atoms with Gasteiger partial charge in [0.25, 0.3) is 0 Å². The second-order valence-electron chi connectivity index (χ2n) is 5.10. The molecule has 0 fully saturated rings. The monoisotopic (exact) mass is 447 g/mol. The Morgan fingerprint density at radius 1 is 0.739 bits per heavy atom. The molecule has 0 radical (unpaired) electrons. The van der Waals surface area contributed by atoms with E-state index in [1.165, 1.54) is 16.3 Å². The summed E-state index contributed by atoms with van der Waals surface area (Å²) in [5.41, 5.74) is 1.19. The van der Waals surface area contributed by atoms with Gasteiger partial charge in [-0.3, -0.25) is 0 Å². The lowest BCUT2D eigenvalue weighted by Crippen LogP contribution is -2.25. The van der Waals surface area contributed by atoms with Crippen molar-refractivity contribution in [3.05, 3.63) is 87.8 Å². The van der Waals surface area contributed by atoms with Gasteiger partial charge in [-0.2, -0.15) is 0 Å². The molecule has 1 nitrogen and oxygen atoms in total. The Morgan fingerprint density at radius 2 is 1.26 bits per heavy atom. The first-order chi connectivity index (χ1) is 11.2. The maximum absolute atomic E-state index is 3.70. The first kappa shape index (κ1) is 16.7. The second-order valence-corrected chi connectivity index (χ2v) is 9.13. The highest BCUT2D eigenvalue weighted by Crippen LogP contribution is 2.43. The largest absolute Gasteiger partial charge is 0.345 e. The molecule has 0 unspecified atom stereocenters. The zero-order valence-electron chi connectivity index (χ0n) is 12.7. The van der Waals surface area contributed by atoms with Gasteiger partial charge >= 0.3 is 0 Å². The minimum Gasteiger partial charge on any atom is -0.345 e. The molecular formula is C19H16Br2NP. The van der Waals surface area contributed by atoms with Crippen LogP contribution in [-0.4, -0.2) is 7.05 Å². The van der Waals surface area contributed by atoms with Crippen molar-refractivity contribution in [2.24, 2.45) is 0 Å². The number of anilines is 1. The molecular weight excluding hydrogens is 433 g/mol. The molecule has 4 heteroatoms. The SMILES string of the molecule is CN(c1ccc(Br)cc1Br)P(c1ccccc1)c1ccccc1. The lowest BCUT2D eigenvalue weighted by atomic mass is 10.3. The summed E-state index contributed by atoms with van der Waals surface area (Å²) in [6, 6.07) is 27.7. The van der Waals surface area contributed by atoms with E-state index in [1.54, 1.807) is 0 Å². The van der Waals surface area contributed by atoms with Crippen molar-refractivity contribution in [2.75, 3.05) is 11.7 Å². The predicted octanol–water partition coefficient (Wildman–Crippen LogP) is 5.70. The van der Waals surface area contributed by atoms with Crippen molar-refractivity contribution < 1.29 is 0 Å². The first-order valence-corrected chi connectivity index (χ1v) is 10.1. The van der Waals surface area contributed by atoms with Crippen molar-refractivity contribution in [3.63, 3.8) is 0 Å². The van der Waals surface area contributed by atoms with Crippen LogP contribution in [0.15, 0.2) is 87.8 Å². The van der Waals surface area contributed by atoms with Crippen LogP contribution in [0.5, 0.6) is 0 Å². The third-order valence-corrected chi connectivity index (χ3v) is 7.08. The van der Waals surface area contributed by atoms with Crippen LogP contribution in [0.3, 0.4) is 0 Å². The first-order valence-electron chi connectivity index (χ1n) is 7.26. The number of benzene rings is 3. The molecule has 23 heavy (non-hydrogen) atoms. The summed E-state index contributed by atoms with van der Waals surface area (Å²) in [6.07, 6.45) is 0. The Kier molecular flexibility index (Phi) is 5.53. The molecule has 0 aromatic heterocycles. The smallest absolute Gasteiger partial charge is 0.0547 e. The average molecular weight is 449 g/mol. The van der Waals surface area contributed by atoms with Crippen LogP contribution < -0.4 is 15.3 Å². The van der Waals surface area contributed by atoms with Crippen LogP contribution in [0.25, 0.3) is 0 Å². The van der Waals surface area contributed by atoms with Crippen molar-refractivity contribution >= 4 is 56.2 Å². The lowest BCUT2D eigenvalue weighted by molar-refractivity contribution is 1.32. The zero-order valence-corrected chi connectivity index (χ0v) is 16.7. The van der Waals surface area contributed by atoms with E-state index in [0.29, 0.717) is 0 Å². The van der Waals surface area contributed by atoms with Gasteiger partial charge in [-0.15, -0.1) is 0 Å². The van der Waals surface area contributed by atoms with E-state index in [-0.39, 0.29) is 0 Å². The summed E-state index contributed by atoms with van der Waals surface area (Å²) >= 11 is 7.23. The van der Waals surface area contributed by atoms with E-state index in [4.69, 9.17) is 0 Å². The van der Waals surface area contributed by atoms with Crippen molar-refractivity contribution in [2.45, 2.75) is 0 Å². The molecule has 0 aliphatic carbocycles. The predicted molar refractivity (Wildman–Crippen MR) is 109 cm³/mol. The van der Waals surface area contributed by atoms with Gasteiger partial charge in [-0.25, -0.2) is 0 Å². The summed E-state index contributed by atoms with van der Waals surface area (Å²) in [5, 5.41) is 2.68. The Labute approximate surface area is 155 Å². The van der Waals surface area contributed by atoms with Crippen LogP contribution in [0, 0.1) is 0 Å². The third kappa shape index (κ3) is 3.85. The summed E-state index contributed by atoms with van der Waals surface area (Å²) in [6.45, 7) is 0. The number of nitrogens with zero attached hydrogens (tertiary/aromatic N) is 1. The maximum atomic E-state index is 3.70. The summed E-state index contributed by atoms with van der Waals surface area (Å²) in [5.74, 6) is 0. The summed E-state index contributed by atoms with van der Waals surface area (Å²) < 4.78 is 4.54. The second kappa shape index (κ2) is 7.61. The Hall–Kier alpha value is -1.15. The zero-order chi connectivity index (χ0) is 16.2. The van der Waals surface area contributed by atoms with E-state index in [1.807, 2.05) is 0 Å². The lowest BCUT2D eigenvalue weighted by Gasteiger charge is -2.31. The van der Waals surface area contributed by atoms with Crippen LogP contribution in [0.2, 0.25) is 0 Å². The van der Waals surface area contributed by atoms with Crippen LogP contribution >= 0.6 is 39.9 Å². The molecule has 0 bridgehead atoms. The molecule has 0 N–H and O–H groups in total.